The number of fused-ring (bicyclic) bond motifs is 1. The first-order valence-corrected chi connectivity index (χ1v) is 10.3. The van der Waals surface area contributed by atoms with Crippen LogP contribution in [0.15, 0.2) is 12.1 Å². The second kappa shape index (κ2) is 9.40. The van der Waals surface area contributed by atoms with Gasteiger partial charge in [-0.15, -0.1) is 0 Å². The molecule has 1 aromatic rings. The number of ketones is 2. The van der Waals surface area contributed by atoms with E-state index in [1.807, 2.05) is 0 Å². The smallest absolute Gasteiger partial charge is 0.143 e. The fraction of sp³-hybridized carbons (Fsp3) is 0.682. The molecule has 4 heteroatoms. The Morgan fingerprint density at radius 2 is 2.00 bits per heavy atom. The first-order valence-electron chi connectivity index (χ1n) is 10.3. The van der Waals surface area contributed by atoms with Crippen molar-refractivity contribution in [1.82, 2.24) is 9.88 Å². The number of hydrogen-bond acceptors (Lipinski definition) is 4. The third-order valence-corrected chi connectivity index (χ3v) is 5.77. The van der Waals surface area contributed by atoms with Crippen molar-refractivity contribution in [3.05, 3.63) is 29.1 Å². The Balaban J connectivity index is 1.32. The highest BCUT2D eigenvalue weighted by Gasteiger charge is 2.27. The third kappa shape index (κ3) is 5.47. The fourth-order valence-corrected chi connectivity index (χ4v) is 4.31. The maximum atomic E-state index is 12.3. The van der Waals surface area contributed by atoms with E-state index in [0.717, 1.165) is 51.6 Å². The molecule has 0 amide bonds. The lowest BCUT2D eigenvalue weighted by atomic mass is 9.95. The lowest BCUT2D eigenvalue weighted by Crippen LogP contribution is -2.27. The zero-order valence-corrected chi connectivity index (χ0v) is 16.1. The average Bonchev–Trinajstić information content (AvgIpc) is 3.09. The maximum Gasteiger partial charge on any atom is 0.143 e. The summed E-state index contributed by atoms with van der Waals surface area (Å²) in [6.45, 7) is 3.78. The van der Waals surface area contributed by atoms with Crippen LogP contribution in [-0.2, 0) is 28.9 Å². The van der Waals surface area contributed by atoms with Crippen molar-refractivity contribution in [1.29, 1.82) is 0 Å². The molecule has 3 rings (SSSR count). The summed E-state index contributed by atoms with van der Waals surface area (Å²) in [7, 11) is 0. The van der Waals surface area contributed by atoms with Crippen molar-refractivity contribution >= 4 is 11.6 Å². The Bertz CT molecular complexity index is 641. The topological polar surface area (TPSA) is 50.3 Å². The minimum absolute atomic E-state index is 0.150. The van der Waals surface area contributed by atoms with E-state index < -0.39 is 0 Å². The number of Topliss-reactive ketones (excluding diaryl/α,β-unsaturated/α-hetero) is 2. The van der Waals surface area contributed by atoms with Gasteiger partial charge in [0.1, 0.15) is 11.6 Å². The molecule has 2 aliphatic rings. The predicted octanol–water partition coefficient (Wildman–Crippen LogP) is 3.54. The van der Waals surface area contributed by atoms with E-state index in [4.69, 9.17) is 4.98 Å². The van der Waals surface area contributed by atoms with E-state index in [9.17, 15) is 9.59 Å². The molecule has 1 fully saturated rings. The summed E-state index contributed by atoms with van der Waals surface area (Å²) in [5.41, 5.74) is 3.98. The first-order chi connectivity index (χ1) is 12.6. The summed E-state index contributed by atoms with van der Waals surface area (Å²) in [5.74, 6) is 0.730. The molecule has 1 aliphatic heterocycles. The van der Waals surface area contributed by atoms with Gasteiger partial charge in [-0.1, -0.05) is 12.5 Å². The minimum atomic E-state index is 0.150. The first kappa shape index (κ1) is 19.2. The highest BCUT2D eigenvalue weighted by Crippen LogP contribution is 2.21. The largest absolute Gasteiger partial charge is 0.299 e. The average molecular weight is 357 g/mol. The standard InChI is InChI=1S/C22H32N2O2/c1-17(25)15-24-14-13-19(16-24)22(26)10-4-2-3-8-20-12-11-18-7-5-6-9-21(18)23-20/h11-12,19H,2-10,13-16H2,1H3/t19-/m0/s1. The second-order valence-corrected chi connectivity index (χ2v) is 8.07. The van der Waals surface area contributed by atoms with E-state index in [1.54, 1.807) is 6.92 Å². The van der Waals surface area contributed by atoms with E-state index in [2.05, 4.69) is 17.0 Å². The van der Waals surface area contributed by atoms with Gasteiger partial charge in [0.25, 0.3) is 0 Å². The van der Waals surface area contributed by atoms with E-state index in [-0.39, 0.29) is 11.7 Å². The van der Waals surface area contributed by atoms with Gasteiger partial charge in [0.2, 0.25) is 0 Å². The molecular formula is C22H32N2O2. The number of aryl methyl sites for hydroxylation is 3. The Labute approximate surface area is 157 Å². The summed E-state index contributed by atoms with van der Waals surface area (Å²) in [4.78, 5) is 30.5. The lowest BCUT2D eigenvalue weighted by molar-refractivity contribution is -0.123. The van der Waals surface area contributed by atoms with Gasteiger partial charge in [-0.25, -0.2) is 0 Å². The molecule has 0 aromatic carbocycles. The summed E-state index contributed by atoms with van der Waals surface area (Å²) in [6.07, 6.45) is 10.7. The molecule has 1 saturated heterocycles. The molecule has 0 spiro atoms. The van der Waals surface area contributed by atoms with Gasteiger partial charge in [0, 0.05) is 30.3 Å². The number of pyridine rings is 1. The zero-order valence-electron chi connectivity index (χ0n) is 16.1. The van der Waals surface area contributed by atoms with Gasteiger partial charge in [-0.3, -0.25) is 19.5 Å². The quantitative estimate of drug-likeness (QED) is 0.635. The molecule has 1 atom stereocenters. The van der Waals surface area contributed by atoms with Crippen LogP contribution < -0.4 is 0 Å². The molecular weight excluding hydrogens is 324 g/mol. The highest BCUT2D eigenvalue weighted by atomic mass is 16.1. The van der Waals surface area contributed by atoms with E-state index in [0.29, 0.717) is 18.7 Å². The van der Waals surface area contributed by atoms with Crippen LogP contribution in [0.2, 0.25) is 0 Å². The summed E-state index contributed by atoms with van der Waals surface area (Å²) >= 11 is 0. The zero-order chi connectivity index (χ0) is 18.4. The number of nitrogens with zero attached hydrogens (tertiary/aromatic N) is 2. The van der Waals surface area contributed by atoms with Crippen molar-refractivity contribution in [3.8, 4) is 0 Å². The Morgan fingerprint density at radius 3 is 2.85 bits per heavy atom. The SMILES string of the molecule is CC(=O)CN1CC[C@H](C(=O)CCCCCc2ccc3c(n2)CCCC3)C1. The molecule has 0 N–H and O–H groups in total. The third-order valence-electron chi connectivity index (χ3n) is 5.77. The summed E-state index contributed by atoms with van der Waals surface area (Å²) < 4.78 is 0. The molecule has 0 saturated carbocycles. The normalized spacial score (nSPS) is 20.1. The van der Waals surface area contributed by atoms with Gasteiger partial charge in [0.05, 0.1) is 6.54 Å². The van der Waals surface area contributed by atoms with Crippen LogP contribution in [0.5, 0.6) is 0 Å². The summed E-state index contributed by atoms with van der Waals surface area (Å²) in [6, 6.07) is 4.46. The number of carbonyl (C=O) groups excluding carboxylic acids is 2. The van der Waals surface area contributed by atoms with E-state index in [1.165, 1.54) is 36.2 Å². The van der Waals surface area contributed by atoms with Crippen LogP contribution >= 0.6 is 0 Å². The molecule has 26 heavy (non-hydrogen) atoms. The molecule has 4 nitrogen and oxygen atoms in total. The van der Waals surface area contributed by atoms with Crippen LogP contribution in [0.25, 0.3) is 0 Å². The van der Waals surface area contributed by atoms with Crippen LogP contribution in [0.1, 0.15) is 68.8 Å². The monoisotopic (exact) mass is 356 g/mol. The van der Waals surface area contributed by atoms with Crippen molar-refractivity contribution in [2.24, 2.45) is 5.92 Å². The van der Waals surface area contributed by atoms with Crippen molar-refractivity contribution < 1.29 is 9.59 Å². The van der Waals surface area contributed by atoms with Gasteiger partial charge in [-0.2, -0.15) is 0 Å². The second-order valence-electron chi connectivity index (χ2n) is 8.07. The van der Waals surface area contributed by atoms with Gasteiger partial charge in [0.15, 0.2) is 0 Å². The van der Waals surface area contributed by atoms with Crippen LogP contribution in [-0.4, -0.2) is 41.1 Å². The van der Waals surface area contributed by atoms with Crippen molar-refractivity contribution in [2.45, 2.75) is 71.1 Å². The molecule has 142 valence electrons. The maximum absolute atomic E-state index is 12.3. The highest BCUT2D eigenvalue weighted by molar-refractivity contribution is 5.82. The van der Waals surface area contributed by atoms with Crippen molar-refractivity contribution in [3.63, 3.8) is 0 Å². The molecule has 0 unspecified atom stereocenters. The molecule has 1 aromatic heterocycles. The number of likely N-dealkylation sites (tertiary alicyclic amines) is 1. The molecule has 0 radical (unpaired) electrons. The number of carbonyl (C=O) groups is 2. The molecule has 2 heterocycles. The van der Waals surface area contributed by atoms with Gasteiger partial charge >= 0.3 is 0 Å². The van der Waals surface area contributed by atoms with Gasteiger partial charge < -0.3 is 0 Å². The van der Waals surface area contributed by atoms with Crippen molar-refractivity contribution in [2.75, 3.05) is 19.6 Å². The minimum Gasteiger partial charge on any atom is -0.299 e. The van der Waals surface area contributed by atoms with Gasteiger partial charge in [-0.05, 0) is 76.5 Å². The Morgan fingerprint density at radius 1 is 1.15 bits per heavy atom. The number of rotatable bonds is 9. The fourth-order valence-electron chi connectivity index (χ4n) is 4.31. The van der Waals surface area contributed by atoms with Crippen LogP contribution in [0.4, 0.5) is 0 Å². The lowest BCUT2D eigenvalue weighted by Gasteiger charge is -2.15. The number of hydrogen-bond donors (Lipinski definition) is 0. The predicted molar refractivity (Wildman–Crippen MR) is 103 cm³/mol. The number of unbranched alkanes of at least 4 members (excludes halogenated alkanes) is 2. The van der Waals surface area contributed by atoms with E-state index >= 15 is 0 Å². The summed E-state index contributed by atoms with van der Waals surface area (Å²) in [5, 5.41) is 0. The Kier molecular flexibility index (Phi) is 6.95. The van der Waals surface area contributed by atoms with Crippen LogP contribution in [0.3, 0.4) is 0 Å². The molecule has 1 aliphatic carbocycles. The number of aromatic nitrogens is 1. The Hall–Kier alpha value is -1.55. The van der Waals surface area contributed by atoms with Crippen LogP contribution in [0, 0.1) is 5.92 Å². The molecule has 0 bridgehead atoms.